The van der Waals surface area contributed by atoms with Gasteiger partial charge in [-0.2, -0.15) is 0 Å². The maximum absolute atomic E-state index is 11.3. The molecule has 1 fully saturated rings. The number of hydrogen-bond donors (Lipinski definition) is 0. The summed E-state index contributed by atoms with van der Waals surface area (Å²) in [6, 6.07) is 18.8. The molecule has 0 aromatic heterocycles. The molecule has 1 aliphatic rings. The molecule has 0 radical (unpaired) electrons. The lowest BCUT2D eigenvalue weighted by Crippen LogP contribution is -2.56. The standard InChI is InChI=1S/C22H25N3O5/c1-16(26)27-15-20-22(30-13-18-10-6-3-7-11-18)21(19(14-28-20)24-25-23)29-12-17-8-4-2-5-9-17/h2-11,19-22H,12-15H2,1H3/t19?,20?,21?,22-/m1/s1. The molecule has 0 saturated carbocycles. The van der Waals surface area contributed by atoms with Crippen LogP contribution in [0.5, 0.6) is 0 Å². The third kappa shape index (κ3) is 6.30. The van der Waals surface area contributed by atoms with Gasteiger partial charge in [-0.1, -0.05) is 65.8 Å². The van der Waals surface area contributed by atoms with Gasteiger partial charge in [0, 0.05) is 11.8 Å². The number of carbonyl (C=O) groups is 1. The van der Waals surface area contributed by atoms with Crippen LogP contribution in [0.3, 0.4) is 0 Å². The molecule has 3 rings (SSSR count). The summed E-state index contributed by atoms with van der Waals surface area (Å²) in [6.45, 7) is 2.17. The number of hydrogen-bond acceptors (Lipinski definition) is 6. The van der Waals surface area contributed by atoms with Crippen LogP contribution >= 0.6 is 0 Å². The molecule has 0 N–H and O–H groups in total. The zero-order chi connectivity index (χ0) is 21.2. The summed E-state index contributed by atoms with van der Waals surface area (Å²) in [7, 11) is 0. The minimum atomic E-state index is -0.586. The lowest BCUT2D eigenvalue weighted by atomic mass is 9.98. The van der Waals surface area contributed by atoms with Crippen LogP contribution < -0.4 is 0 Å². The Morgan fingerprint density at radius 1 is 1.03 bits per heavy atom. The van der Waals surface area contributed by atoms with Crippen molar-refractivity contribution < 1.29 is 23.7 Å². The molecule has 8 nitrogen and oxygen atoms in total. The summed E-state index contributed by atoms with van der Waals surface area (Å²) < 4.78 is 23.3. The van der Waals surface area contributed by atoms with Crippen LogP contribution in [0.25, 0.3) is 10.4 Å². The zero-order valence-corrected chi connectivity index (χ0v) is 16.8. The van der Waals surface area contributed by atoms with Crippen molar-refractivity contribution in [3.05, 3.63) is 82.2 Å². The maximum Gasteiger partial charge on any atom is 0.302 e. The minimum absolute atomic E-state index is 0.0307. The summed E-state index contributed by atoms with van der Waals surface area (Å²) >= 11 is 0. The van der Waals surface area contributed by atoms with Crippen LogP contribution in [0.1, 0.15) is 18.1 Å². The number of carbonyl (C=O) groups excluding carboxylic acids is 1. The first-order valence-electron chi connectivity index (χ1n) is 9.77. The van der Waals surface area contributed by atoms with E-state index < -0.39 is 30.3 Å². The van der Waals surface area contributed by atoms with Crippen molar-refractivity contribution >= 4 is 5.97 Å². The molecule has 1 heterocycles. The van der Waals surface area contributed by atoms with Crippen LogP contribution in [-0.4, -0.2) is 43.5 Å². The molecule has 4 atom stereocenters. The summed E-state index contributed by atoms with van der Waals surface area (Å²) in [5, 5.41) is 3.86. The van der Waals surface area contributed by atoms with Crippen molar-refractivity contribution in [3.8, 4) is 0 Å². The first-order chi connectivity index (χ1) is 14.7. The average molecular weight is 411 g/mol. The second kappa shape index (κ2) is 11.3. The molecular weight excluding hydrogens is 386 g/mol. The minimum Gasteiger partial charge on any atom is -0.463 e. The molecular formula is C22H25N3O5. The van der Waals surface area contributed by atoms with Gasteiger partial charge in [0.1, 0.15) is 18.8 Å². The summed E-state index contributed by atoms with van der Waals surface area (Å²) in [5.74, 6) is -0.403. The van der Waals surface area contributed by atoms with Crippen molar-refractivity contribution in [3.63, 3.8) is 0 Å². The van der Waals surface area contributed by atoms with Crippen LogP contribution in [-0.2, 0) is 37.0 Å². The highest BCUT2D eigenvalue weighted by molar-refractivity contribution is 5.65. The highest BCUT2D eigenvalue weighted by Gasteiger charge is 2.42. The number of rotatable bonds is 9. The molecule has 0 amide bonds. The molecule has 2 aromatic carbocycles. The Kier molecular flexibility index (Phi) is 8.23. The number of benzene rings is 2. The largest absolute Gasteiger partial charge is 0.463 e. The molecule has 30 heavy (non-hydrogen) atoms. The van der Waals surface area contributed by atoms with Gasteiger partial charge in [0.15, 0.2) is 0 Å². The predicted octanol–water partition coefficient (Wildman–Crippen LogP) is 3.80. The first-order valence-corrected chi connectivity index (χ1v) is 9.77. The molecule has 1 aliphatic heterocycles. The second-order valence-corrected chi connectivity index (χ2v) is 6.97. The third-order valence-corrected chi connectivity index (χ3v) is 4.77. The van der Waals surface area contributed by atoms with Gasteiger partial charge in [-0.25, -0.2) is 0 Å². The average Bonchev–Trinajstić information content (AvgIpc) is 2.77. The molecule has 8 heteroatoms. The molecule has 0 aliphatic carbocycles. The fourth-order valence-electron chi connectivity index (χ4n) is 3.29. The molecule has 3 unspecified atom stereocenters. The smallest absolute Gasteiger partial charge is 0.302 e. The molecule has 2 aromatic rings. The van der Waals surface area contributed by atoms with Crippen molar-refractivity contribution in [2.45, 2.75) is 44.5 Å². The Balaban J connectivity index is 1.78. The van der Waals surface area contributed by atoms with Gasteiger partial charge in [0.25, 0.3) is 0 Å². The topological polar surface area (TPSA) is 103 Å². The number of esters is 1. The zero-order valence-electron chi connectivity index (χ0n) is 16.8. The van der Waals surface area contributed by atoms with Crippen LogP contribution in [0.15, 0.2) is 65.8 Å². The SMILES string of the molecule is CC(=O)OCC1OCC(N=[N+]=[N-])C(OCc2ccccc2)[C@@H]1OCc1ccccc1. The van der Waals surface area contributed by atoms with Crippen LogP contribution in [0.4, 0.5) is 0 Å². The van der Waals surface area contributed by atoms with Gasteiger partial charge in [0.05, 0.1) is 32.0 Å². The fourth-order valence-corrected chi connectivity index (χ4v) is 3.29. The number of azide groups is 1. The lowest BCUT2D eigenvalue weighted by molar-refractivity contribution is -0.204. The van der Waals surface area contributed by atoms with E-state index >= 15 is 0 Å². The predicted molar refractivity (Wildman–Crippen MR) is 109 cm³/mol. The Bertz CT molecular complexity index is 842. The van der Waals surface area contributed by atoms with E-state index in [1.54, 1.807) is 0 Å². The van der Waals surface area contributed by atoms with E-state index in [1.807, 2.05) is 60.7 Å². The summed E-state index contributed by atoms with van der Waals surface area (Å²) in [5.41, 5.74) is 11.0. The monoisotopic (exact) mass is 411 g/mol. The lowest BCUT2D eigenvalue weighted by Gasteiger charge is -2.40. The maximum atomic E-state index is 11.3. The Hall–Kier alpha value is -2.90. The van der Waals surface area contributed by atoms with Crippen LogP contribution in [0, 0.1) is 0 Å². The van der Waals surface area contributed by atoms with Gasteiger partial charge >= 0.3 is 5.97 Å². The van der Waals surface area contributed by atoms with Crippen molar-refractivity contribution in [1.82, 2.24) is 0 Å². The van der Waals surface area contributed by atoms with Gasteiger partial charge in [-0.05, 0) is 16.7 Å². The highest BCUT2D eigenvalue weighted by Crippen LogP contribution is 2.26. The van der Waals surface area contributed by atoms with E-state index in [4.69, 9.17) is 24.5 Å². The van der Waals surface area contributed by atoms with Crippen molar-refractivity contribution in [2.24, 2.45) is 5.11 Å². The second-order valence-electron chi connectivity index (χ2n) is 6.97. The first kappa shape index (κ1) is 21.8. The Morgan fingerprint density at radius 2 is 1.60 bits per heavy atom. The van der Waals surface area contributed by atoms with Crippen molar-refractivity contribution in [1.29, 1.82) is 0 Å². The van der Waals surface area contributed by atoms with E-state index in [0.717, 1.165) is 11.1 Å². The molecule has 0 spiro atoms. The normalized spacial score (nSPS) is 23.4. The molecule has 0 bridgehead atoms. The van der Waals surface area contributed by atoms with E-state index in [1.165, 1.54) is 6.92 Å². The number of nitrogens with zero attached hydrogens (tertiary/aromatic N) is 3. The van der Waals surface area contributed by atoms with E-state index in [0.29, 0.717) is 13.2 Å². The number of ether oxygens (including phenoxy) is 4. The van der Waals surface area contributed by atoms with Gasteiger partial charge in [-0.3, -0.25) is 4.79 Å². The quantitative estimate of drug-likeness (QED) is 0.270. The Morgan fingerprint density at radius 3 is 2.13 bits per heavy atom. The highest BCUT2D eigenvalue weighted by atomic mass is 16.6. The van der Waals surface area contributed by atoms with Crippen molar-refractivity contribution in [2.75, 3.05) is 13.2 Å². The van der Waals surface area contributed by atoms with E-state index in [2.05, 4.69) is 10.0 Å². The third-order valence-electron chi connectivity index (χ3n) is 4.77. The van der Waals surface area contributed by atoms with E-state index in [9.17, 15) is 4.79 Å². The molecule has 158 valence electrons. The molecule has 1 saturated heterocycles. The van der Waals surface area contributed by atoms with Crippen LogP contribution in [0.2, 0.25) is 0 Å². The van der Waals surface area contributed by atoms with Gasteiger partial charge < -0.3 is 18.9 Å². The van der Waals surface area contributed by atoms with E-state index in [-0.39, 0.29) is 13.2 Å². The summed E-state index contributed by atoms with van der Waals surface area (Å²) in [6.07, 6.45) is -1.68. The van der Waals surface area contributed by atoms with Gasteiger partial charge in [-0.15, -0.1) is 0 Å². The summed E-state index contributed by atoms with van der Waals surface area (Å²) in [4.78, 5) is 14.3. The fraction of sp³-hybridized carbons (Fsp3) is 0.409. The Labute approximate surface area is 175 Å². The van der Waals surface area contributed by atoms with Gasteiger partial charge in [0.2, 0.25) is 0 Å².